The number of carbonyl (C=O) groups excluding carboxylic acids is 1. The van der Waals surface area contributed by atoms with E-state index in [1.807, 2.05) is 30.3 Å². The first-order valence-electron chi connectivity index (χ1n) is 6.72. The summed E-state index contributed by atoms with van der Waals surface area (Å²) in [5, 5.41) is 0. The molecule has 2 atom stereocenters. The molecule has 1 aromatic carbocycles. The van der Waals surface area contributed by atoms with Gasteiger partial charge in [0, 0.05) is 24.9 Å². The second-order valence-corrected chi connectivity index (χ2v) is 5.42. The summed E-state index contributed by atoms with van der Waals surface area (Å²) in [4.78, 5) is 14.4. The number of nitrogens with zero attached hydrogens (tertiary/aromatic N) is 1. The second-order valence-electron chi connectivity index (χ2n) is 5.42. The largest absolute Gasteiger partial charge is 0.459 e. The van der Waals surface area contributed by atoms with Gasteiger partial charge in [-0.1, -0.05) is 18.2 Å². The summed E-state index contributed by atoms with van der Waals surface area (Å²) in [6.45, 7) is 0. The second kappa shape index (κ2) is 4.73. The lowest BCUT2D eigenvalue weighted by atomic mass is 10.0. The van der Waals surface area contributed by atoms with Crippen molar-refractivity contribution in [2.45, 2.75) is 43.9 Å². The Bertz CT molecular complexity index is 417. The maximum Gasteiger partial charge on any atom is 0.338 e. The van der Waals surface area contributed by atoms with Gasteiger partial charge < -0.3 is 9.64 Å². The molecule has 18 heavy (non-hydrogen) atoms. The number of fused-ring (bicyclic) bond motifs is 2. The van der Waals surface area contributed by atoms with Gasteiger partial charge in [0.05, 0.1) is 5.56 Å². The van der Waals surface area contributed by atoms with E-state index in [0.29, 0.717) is 17.6 Å². The summed E-state index contributed by atoms with van der Waals surface area (Å²) in [6.07, 6.45) is 4.59. The molecule has 0 unspecified atom stereocenters. The average Bonchev–Trinajstić information content (AvgIpc) is 2.63. The van der Waals surface area contributed by atoms with Gasteiger partial charge >= 0.3 is 5.97 Å². The van der Waals surface area contributed by atoms with Crippen LogP contribution in [0.3, 0.4) is 0 Å². The van der Waals surface area contributed by atoms with Crippen LogP contribution in [0.4, 0.5) is 0 Å². The average molecular weight is 245 g/mol. The van der Waals surface area contributed by atoms with Crippen molar-refractivity contribution in [2.75, 3.05) is 7.05 Å². The maximum absolute atomic E-state index is 12.0. The highest BCUT2D eigenvalue weighted by Crippen LogP contribution is 2.35. The van der Waals surface area contributed by atoms with Crippen LogP contribution in [0, 0.1) is 0 Å². The topological polar surface area (TPSA) is 29.5 Å². The molecule has 2 aliphatic rings. The van der Waals surface area contributed by atoms with E-state index in [4.69, 9.17) is 4.74 Å². The molecular weight excluding hydrogens is 226 g/mol. The first-order valence-corrected chi connectivity index (χ1v) is 6.72. The summed E-state index contributed by atoms with van der Waals surface area (Å²) in [5.74, 6) is -0.176. The fourth-order valence-corrected chi connectivity index (χ4v) is 3.25. The van der Waals surface area contributed by atoms with Gasteiger partial charge in [-0.15, -0.1) is 0 Å². The minimum Gasteiger partial charge on any atom is -0.459 e. The van der Waals surface area contributed by atoms with Crippen LogP contribution in [0.2, 0.25) is 0 Å². The normalized spacial score (nSPS) is 31.3. The van der Waals surface area contributed by atoms with Crippen LogP contribution < -0.4 is 0 Å². The quantitative estimate of drug-likeness (QED) is 0.750. The van der Waals surface area contributed by atoms with Crippen molar-refractivity contribution in [3.63, 3.8) is 0 Å². The molecular formula is C15H19NO2. The third-order valence-electron chi connectivity index (χ3n) is 4.34. The Morgan fingerprint density at radius 2 is 1.78 bits per heavy atom. The SMILES string of the molecule is CN1[C@@H]2CC[C@@H]1CC(OC(=O)c1ccccc1)C2. The highest BCUT2D eigenvalue weighted by Gasteiger charge is 2.39. The van der Waals surface area contributed by atoms with Gasteiger partial charge in [-0.05, 0) is 32.0 Å². The molecule has 3 nitrogen and oxygen atoms in total. The first kappa shape index (κ1) is 11.7. The summed E-state index contributed by atoms with van der Waals surface area (Å²) in [6, 6.07) is 10.5. The van der Waals surface area contributed by atoms with Gasteiger partial charge in [0.1, 0.15) is 6.10 Å². The van der Waals surface area contributed by atoms with E-state index in [1.54, 1.807) is 0 Å². The summed E-state index contributed by atoms with van der Waals surface area (Å²) >= 11 is 0. The van der Waals surface area contributed by atoms with E-state index in [0.717, 1.165) is 12.8 Å². The number of carbonyl (C=O) groups is 1. The van der Waals surface area contributed by atoms with Gasteiger partial charge in [0.15, 0.2) is 0 Å². The highest BCUT2D eigenvalue weighted by atomic mass is 16.5. The Kier molecular flexibility index (Phi) is 3.08. The standard InChI is InChI=1S/C15H19NO2/c1-16-12-7-8-13(16)10-14(9-12)18-15(17)11-5-3-2-4-6-11/h2-6,12-14H,7-10H2,1H3/t12-,13-/m1/s1. The van der Waals surface area contributed by atoms with Crippen LogP contribution in [0.1, 0.15) is 36.0 Å². The van der Waals surface area contributed by atoms with E-state index in [-0.39, 0.29) is 12.1 Å². The number of ether oxygens (including phenoxy) is 1. The van der Waals surface area contributed by atoms with Crippen molar-refractivity contribution in [2.24, 2.45) is 0 Å². The van der Waals surface area contributed by atoms with Gasteiger partial charge in [0.25, 0.3) is 0 Å². The molecule has 1 aromatic rings. The van der Waals surface area contributed by atoms with E-state index in [9.17, 15) is 4.79 Å². The molecule has 2 aliphatic heterocycles. The van der Waals surface area contributed by atoms with E-state index in [2.05, 4.69) is 11.9 Å². The van der Waals surface area contributed by atoms with Crippen molar-refractivity contribution in [3.05, 3.63) is 35.9 Å². The zero-order chi connectivity index (χ0) is 12.5. The van der Waals surface area contributed by atoms with Crippen molar-refractivity contribution in [1.29, 1.82) is 0 Å². The zero-order valence-electron chi connectivity index (χ0n) is 10.7. The molecule has 0 radical (unpaired) electrons. The minimum absolute atomic E-state index is 0.103. The molecule has 2 heterocycles. The molecule has 96 valence electrons. The van der Waals surface area contributed by atoms with Crippen LogP contribution >= 0.6 is 0 Å². The molecule has 2 bridgehead atoms. The smallest absolute Gasteiger partial charge is 0.338 e. The molecule has 0 aliphatic carbocycles. The first-order chi connectivity index (χ1) is 8.74. The molecule has 0 spiro atoms. The number of piperidine rings is 1. The number of hydrogen-bond acceptors (Lipinski definition) is 3. The van der Waals surface area contributed by atoms with E-state index >= 15 is 0 Å². The molecule has 0 amide bonds. The maximum atomic E-state index is 12.0. The van der Waals surface area contributed by atoms with Gasteiger partial charge in [-0.2, -0.15) is 0 Å². The Labute approximate surface area is 108 Å². The fourth-order valence-electron chi connectivity index (χ4n) is 3.25. The Morgan fingerprint density at radius 1 is 1.17 bits per heavy atom. The number of hydrogen-bond donors (Lipinski definition) is 0. The monoisotopic (exact) mass is 245 g/mol. The lowest BCUT2D eigenvalue weighted by Gasteiger charge is -2.35. The predicted molar refractivity (Wildman–Crippen MR) is 69.5 cm³/mol. The molecule has 2 fully saturated rings. The zero-order valence-corrected chi connectivity index (χ0v) is 10.7. The van der Waals surface area contributed by atoms with Gasteiger partial charge in [-0.3, -0.25) is 0 Å². The third-order valence-corrected chi connectivity index (χ3v) is 4.34. The number of rotatable bonds is 2. The Morgan fingerprint density at radius 3 is 2.39 bits per heavy atom. The van der Waals surface area contributed by atoms with Crippen LogP contribution in [0.15, 0.2) is 30.3 Å². The van der Waals surface area contributed by atoms with E-state index < -0.39 is 0 Å². The van der Waals surface area contributed by atoms with Crippen LogP contribution in [-0.2, 0) is 4.74 Å². The van der Waals surface area contributed by atoms with Crippen LogP contribution in [0.5, 0.6) is 0 Å². The molecule has 0 aromatic heterocycles. The highest BCUT2D eigenvalue weighted by molar-refractivity contribution is 5.89. The van der Waals surface area contributed by atoms with Gasteiger partial charge in [0.2, 0.25) is 0 Å². The molecule has 2 saturated heterocycles. The lowest BCUT2D eigenvalue weighted by molar-refractivity contribution is -0.000447. The molecule has 0 N–H and O–H groups in total. The minimum atomic E-state index is -0.176. The number of benzene rings is 1. The summed E-state index contributed by atoms with van der Waals surface area (Å²) in [5.41, 5.74) is 0.656. The van der Waals surface area contributed by atoms with Crippen molar-refractivity contribution in [3.8, 4) is 0 Å². The lowest BCUT2D eigenvalue weighted by Crippen LogP contribution is -2.43. The molecule has 3 rings (SSSR count). The summed E-state index contributed by atoms with van der Waals surface area (Å²) < 4.78 is 5.64. The fraction of sp³-hybridized carbons (Fsp3) is 0.533. The van der Waals surface area contributed by atoms with Crippen molar-refractivity contribution >= 4 is 5.97 Å². The molecule has 3 heteroatoms. The van der Waals surface area contributed by atoms with Crippen molar-refractivity contribution < 1.29 is 9.53 Å². The van der Waals surface area contributed by atoms with Crippen molar-refractivity contribution in [1.82, 2.24) is 4.90 Å². The molecule has 0 saturated carbocycles. The van der Waals surface area contributed by atoms with E-state index in [1.165, 1.54) is 12.8 Å². The summed E-state index contributed by atoms with van der Waals surface area (Å²) in [7, 11) is 2.19. The van der Waals surface area contributed by atoms with Gasteiger partial charge in [-0.25, -0.2) is 4.79 Å². The van der Waals surface area contributed by atoms with Crippen LogP contribution in [0.25, 0.3) is 0 Å². The Balaban J connectivity index is 1.63. The van der Waals surface area contributed by atoms with Crippen LogP contribution in [-0.4, -0.2) is 36.1 Å². The third kappa shape index (κ3) is 2.15. The number of esters is 1. The Hall–Kier alpha value is -1.35. The predicted octanol–water partition coefficient (Wildman–Crippen LogP) is 2.47.